The summed E-state index contributed by atoms with van der Waals surface area (Å²) in [6, 6.07) is 1.17. The maximum Gasteiger partial charge on any atom is 0.180 e. The van der Waals surface area contributed by atoms with E-state index in [1.807, 2.05) is 0 Å². The molecule has 0 aromatic carbocycles. The summed E-state index contributed by atoms with van der Waals surface area (Å²) in [4.78, 5) is 0.199. The maximum absolute atomic E-state index is 12.9. The third-order valence-electron chi connectivity index (χ3n) is 1.14. The highest BCUT2D eigenvalue weighted by molar-refractivity contribution is 7.18. The number of nitrogens with two attached hydrogens (primary N) is 2. The molecule has 1 aromatic heterocycles. The van der Waals surface area contributed by atoms with Gasteiger partial charge in [0.1, 0.15) is 10.7 Å². The SMILES string of the molecule is N/N=C(\NN)c1sc(Cl)cc1F. The quantitative estimate of drug-likeness (QED) is 0.274. The van der Waals surface area contributed by atoms with Crippen LogP contribution in [-0.2, 0) is 0 Å². The zero-order chi connectivity index (χ0) is 9.14. The first-order valence-corrected chi connectivity index (χ1v) is 4.08. The molecule has 12 heavy (non-hydrogen) atoms. The molecular formula is C5H6ClFN4S. The number of thiophene rings is 1. The molecule has 4 nitrogen and oxygen atoms in total. The fourth-order valence-electron chi connectivity index (χ4n) is 0.664. The van der Waals surface area contributed by atoms with Gasteiger partial charge in [-0.05, 0) is 0 Å². The van der Waals surface area contributed by atoms with Gasteiger partial charge in [-0.1, -0.05) is 11.6 Å². The van der Waals surface area contributed by atoms with E-state index >= 15 is 0 Å². The van der Waals surface area contributed by atoms with E-state index in [1.54, 1.807) is 0 Å². The van der Waals surface area contributed by atoms with E-state index in [1.165, 1.54) is 6.07 Å². The number of nitrogens with zero attached hydrogens (tertiary/aromatic N) is 1. The van der Waals surface area contributed by atoms with Crippen molar-refractivity contribution < 1.29 is 4.39 Å². The lowest BCUT2D eigenvalue weighted by atomic mass is 10.4. The lowest BCUT2D eigenvalue weighted by Gasteiger charge is -1.98. The predicted octanol–water partition coefficient (Wildman–Crippen LogP) is 0.624. The van der Waals surface area contributed by atoms with Gasteiger partial charge in [0.05, 0.1) is 4.34 Å². The van der Waals surface area contributed by atoms with Gasteiger partial charge in [0.25, 0.3) is 0 Å². The topological polar surface area (TPSA) is 76.4 Å². The molecular weight excluding hydrogens is 203 g/mol. The van der Waals surface area contributed by atoms with Crippen LogP contribution in [0.4, 0.5) is 4.39 Å². The van der Waals surface area contributed by atoms with Crippen LogP contribution < -0.4 is 17.1 Å². The third-order valence-corrected chi connectivity index (χ3v) is 2.38. The lowest BCUT2D eigenvalue weighted by Crippen LogP contribution is -2.31. The maximum atomic E-state index is 12.9. The minimum atomic E-state index is -0.493. The molecule has 0 atom stereocenters. The molecule has 5 N–H and O–H groups in total. The summed E-state index contributed by atoms with van der Waals surface area (Å²) >= 11 is 6.55. The second-order valence-corrected chi connectivity index (χ2v) is 3.53. The first-order chi connectivity index (χ1) is 5.69. The zero-order valence-electron chi connectivity index (χ0n) is 5.84. The second-order valence-electron chi connectivity index (χ2n) is 1.85. The van der Waals surface area contributed by atoms with Gasteiger partial charge in [0, 0.05) is 6.07 Å². The van der Waals surface area contributed by atoms with Gasteiger partial charge in [-0.3, -0.25) is 0 Å². The van der Waals surface area contributed by atoms with Crippen molar-refractivity contribution in [2.75, 3.05) is 0 Å². The van der Waals surface area contributed by atoms with Crippen LogP contribution in [0, 0.1) is 5.82 Å². The summed E-state index contributed by atoms with van der Waals surface area (Å²) in [7, 11) is 0. The van der Waals surface area contributed by atoms with Crippen molar-refractivity contribution in [3.05, 3.63) is 21.1 Å². The Bertz CT molecular complexity index is 310. The monoisotopic (exact) mass is 208 g/mol. The van der Waals surface area contributed by atoms with Crippen molar-refractivity contribution >= 4 is 28.8 Å². The Hall–Kier alpha value is -0.850. The van der Waals surface area contributed by atoms with Crippen LogP contribution in [0.2, 0.25) is 4.34 Å². The van der Waals surface area contributed by atoms with Crippen molar-refractivity contribution in [3.63, 3.8) is 0 Å². The molecule has 1 aromatic rings. The largest absolute Gasteiger partial charge is 0.321 e. The van der Waals surface area contributed by atoms with Gasteiger partial charge >= 0.3 is 0 Å². The van der Waals surface area contributed by atoms with Gasteiger partial charge in [0.2, 0.25) is 0 Å². The van der Waals surface area contributed by atoms with E-state index in [0.29, 0.717) is 4.34 Å². The van der Waals surface area contributed by atoms with Crippen molar-refractivity contribution in [2.24, 2.45) is 16.8 Å². The number of hydrogen-bond donors (Lipinski definition) is 3. The Morgan fingerprint density at radius 1 is 1.75 bits per heavy atom. The van der Waals surface area contributed by atoms with Crippen LogP contribution in [0.3, 0.4) is 0 Å². The van der Waals surface area contributed by atoms with Crippen LogP contribution in [0.15, 0.2) is 11.2 Å². The predicted molar refractivity (Wildman–Crippen MR) is 47.3 cm³/mol. The first kappa shape index (κ1) is 9.24. The zero-order valence-corrected chi connectivity index (χ0v) is 7.42. The molecule has 1 rings (SSSR count). The summed E-state index contributed by atoms with van der Waals surface area (Å²) in [6.45, 7) is 0. The molecule has 1 heterocycles. The fraction of sp³-hybridized carbons (Fsp3) is 0. The molecule has 66 valence electrons. The number of hydrazine groups is 1. The highest BCUT2D eigenvalue weighted by Gasteiger charge is 2.12. The Morgan fingerprint density at radius 2 is 2.42 bits per heavy atom. The van der Waals surface area contributed by atoms with E-state index < -0.39 is 5.82 Å². The highest BCUT2D eigenvalue weighted by Crippen LogP contribution is 2.25. The molecule has 0 aliphatic rings. The lowest BCUT2D eigenvalue weighted by molar-refractivity contribution is 0.630. The Morgan fingerprint density at radius 3 is 2.75 bits per heavy atom. The van der Waals surface area contributed by atoms with E-state index in [2.05, 4.69) is 10.5 Å². The van der Waals surface area contributed by atoms with Gasteiger partial charge in [-0.15, -0.1) is 11.3 Å². The average Bonchev–Trinajstić information content (AvgIpc) is 2.34. The number of amidine groups is 1. The van der Waals surface area contributed by atoms with E-state index in [9.17, 15) is 4.39 Å². The van der Waals surface area contributed by atoms with Crippen molar-refractivity contribution in [1.82, 2.24) is 5.43 Å². The fourth-order valence-corrected chi connectivity index (χ4v) is 1.71. The summed E-state index contributed by atoms with van der Waals surface area (Å²) < 4.78 is 13.2. The van der Waals surface area contributed by atoms with E-state index in [0.717, 1.165) is 11.3 Å². The number of nitrogens with one attached hydrogen (secondary N) is 1. The van der Waals surface area contributed by atoms with Gasteiger partial charge in [-0.2, -0.15) is 5.10 Å². The Kier molecular flexibility index (Phi) is 2.85. The summed E-state index contributed by atoms with van der Waals surface area (Å²) in [5, 5.41) is 3.24. The molecule has 0 fully saturated rings. The van der Waals surface area contributed by atoms with Gasteiger partial charge in [-0.25, -0.2) is 10.2 Å². The minimum Gasteiger partial charge on any atom is -0.321 e. The van der Waals surface area contributed by atoms with E-state index in [-0.39, 0.29) is 10.7 Å². The number of hydrogen-bond acceptors (Lipinski definition) is 4. The smallest absolute Gasteiger partial charge is 0.180 e. The standard InChI is InChI=1S/C5H6ClFN4S/c6-3-1-2(7)4(12-3)5(10-8)11-9/h1H,8-9H2,(H,10,11). The summed E-state index contributed by atoms with van der Waals surface area (Å²) in [5.41, 5.74) is 2.16. The van der Waals surface area contributed by atoms with Crippen LogP contribution in [-0.4, -0.2) is 5.84 Å². The number of halogens is 2. The minimum absolute atomic E-state index is 0.0735. The molecule has 0 saturated heterocycles. The molecule has 0 radical (unpaired) electrons. The Balaban J connectivity index is 3.09. The van der Waals surface area contributed by atoms with Crippen LogP contribution in [0.25, 0.3) is 0 Å². The molecule has 0 amide bonds. The first-order valence-electron chi connectivity index (χ1n) is 2.88. The Labute approximate surface area is 77.0 Å². The summed E-state index contributed by atoms with van der Waals surface area (Å²) in [6.07, 6.45) is 0. The highest BCUT2D eigenvalue weighted by atomic mass is 35.5. The number of rotatable bonds is 1. The molecule has 0 bridgehead atoms. The third kappa shape index (κ3) is 1.66. The number of hydrazone groups is 1. The van der Waals surface area contributed by atoms with Crippen LogP contribution in [0.5, 0.6) is 0 Å². The van der Waals surface area contributed by atoms with Crippen LogP contribution in [0.1, 0.15) is 4.88 Å². The van der Waals surface area contributed by atoms with Gasteiger partial charge < -0.3 is 11.3 Å². The average molecular weight is 209 g/mol. The van der Waals surface area contributed by atoms with Gasteiger partial charge in [0.15, 0.2) is 5.84 Å². The summed E-state index contributed by atoms with van der Waals surface area (Å²) in [5.74, 6) is 9.55. The second kappa shape index (κ2) is 3.70. The normalized spacial score (nSPS) is 11.8. The van der Waals surface area contributed by atoms with Crippen molar-refractivity contribution in [2.45, 2.75) is 0 Å². The van der Waals surface area contributed by atoms with E-state index in [4.69, 9.17) is 23.3 Å². The van der Waals surface area contributed by atoms with Crippen LogP contribution >= 0.6 is 22.9 Å². The molecule has 7 heteroatoms. The van der Waals surface area contributed by atoms with Crippen molar-refractivity contribution in [1.29, 1.82) is 0 Å². The molecule has 0 saturated carbocycles. The molecule has 0 unspecified atom stereocenters. The molecule has 0 spiro atoms. The van der Waals surface area contributed by atoms with Crippen molar-refractivity contribution in [3.8, 4) is 0 Å². The molecule has 0 aliphatic heterocycles. The molecule has 0 aliphatic carbocycles.